The van der Waals surface area contributed by atoms with Gasteiger partial charge in [0.05, 0.1) is 17.8 Å². The summed E-state index contributed by atoms with van der Waals surface area (Å²) in [5.41, 5.74) is 9.74. The molecule has 3 aliphatic rings. The third-order valence-corrected chi connectivity index (χ3v) is 12.1. The minimum absolute atomic E-state index is 0. The molecule has 14 heteroatoms. The normalized spacial score (nSPS) is 20.0. The van der Waals surface area contributed by atoms with Crippen LogP contribution in [-0.4, -0.2) is 77.4 Å². The molecule has 0 bridgehead atoms. The smallest absolute Gasteiger partial charge is 0.307 e. The second-order valence-electron chi connectivity index (χ2n) is 16.8. The summed E-state index contributed by atoms with van der Waals surface area (Å²) in [6, 6.07) is 19.4. The van der Waals surface area contributed by atoms with Crippen molar-refractivity contribution in [3.8, 4) is 0 Å². The van der Waals surface area contributed by atoms with Crippen molar-refractivity contribution in [2.45, 2.75) is 78.9 Å². The maximum absolute atomic E-state index is 12.4. The van der Waals surface area contributed by atoms with E-state index >= 15 is 0 Å². The number of aliphatic carboxylic acids is 3. The quantitative estimate of drug-likeness (QED) is 0.0784. The minimum Gasteiger partial charge on any atom is -0.481 e. The van der Waals surface area contributed by atoms with Gasteiger partial charge >= 0.3 is 17.9 Å². The van der Waals surface area contributed by atoms with Gasteiger partial charge in [0.15, 0.2) is 0 Å². The molecule has 3 aromatic carbocycles. The first kappa shape index (κ1) is 52.2. The van der Waals surface area contributed by atoms with Gasteiger partial charge in [-0.05, 0) is 150 Å². The molecule has 10 nitrogen and oxygen atoms in total. The van der Waals surface area contributed by atoms with Gasteiger partial charge in [-0.2, -0.15) is 0 Å². The van der Waals surface area contributed by atoms with E-state index in [0.29, 0.717) is 38.9 Å². The summed E-state index contributed by atoms with van der Waals surface area (Å²) in [6.07, 6.45) is 4.08. The lowest BCUT2D eigenvalue weighted by molar-refractivity contribution is -0.144. The molecule has 0 aliphatic carbocycles. The van der Waals surface area contributed by atoms with Crippen molar-refractivity contribution in [3.63, 3.8) is 0 Å². The summed E-state index contributed by atoms with van der Waals surface area (Å²) in [5.74, 6) is -3.22. The van der Waals surface area contributed by atoms with Crippen molar-refractivity contribution in [2.24, 2.45) is 35.5 Å². The predicted molar refractivity (Wildman–Crippen MR) is 243 cm³/mol. The van der Waals surface area contributed by atoms with Gasteiger partial charge in [0.2, 0.25) is 0 Å². The van der Waals surface area contributed by atoms with Crippen LogP contribution >= 0.6 is 49.6 Å². The Morgan fingerprint density at radius 1 is 0.492 bits per heavy atom. The molecule has 3 saturated heterocycles. The minimum atomic E-state index is -0.743. The topological polar surface area (TPSA) is 151 Å². The lowest BCUT2D eigenvalue weighted by Crippen LogP contribution is -2.28. The van der Waals surface area contributed by atoms with Crippen LogP contribution in [0.2, 0.25) is 0 Å². The van der Waals surface area contributed by atoms with E-state index in [1.807, 2.05) is 0 Å². The number of carboxylic acid groups (broad SMARTS) is 3. The molecule has 59 heavy (non-hydrogen) atoms. The van der Waals surface area contributed by atoms with Crippen molar-refractivity contribution in [1.29, 1.82) is 0 Å². The van der Waals surface area contributed by atoms with Gasteiger partial charge in [-0.3, -0.25) is 19.3 Å². The Morgan fingerprint density at radius 2 is 0.746 bits per heavy atom. The fraction of sp³-hybridized carbons (Fsp3) is 0.533. The number of hydrogen-bond donors (Lipinski definition) is 6. The zero-order valence-corrected chi connectivity index (χ0v) is 37.7. The molecule has 0 aromatic heterocycles. The molecular weight excluding hydrogens is 834 g/mol. The molecular formula is C45H64Cl4N4O6. The van der Waals surface area contributed by atoms with Gasteiger partial charge in [-0.25, -0.2) is 0 Å². The number of nitrogens with one attached hydrogen (secondary N) is 3. The van der Waals surface area contributed by atoms with Crippen LogP contribution < -0.4 is 16.0 Å². The van der Waals surface area contributed by atoms with Crippen LogP contribution in [0.3, 0.4) is 0 Å². The maximum atomic E-state index is 12.4. The Labute approximate surface area is 374 Å². The number of rotatable bonds is 18. The monoisotopic (exact) mass is 896 g/mol. The lowest BCUT2D eigenvalue weighted by atomic mass is 9.85. The first-order chi connectivity index (χ1) is 26.4. The number of aryl methyl sites for hydroxylation is 3. The molecule has 0 saturated carbocycles. The summed E-state index contributed by atoms with van der Waals surface area (Å²) in [6.45, 7) is 12.8. The molecule has 6 rings (SSSR count). The van der Waals surface area contributed by atoms with E-state index in [0.717, 1.165) is 109 Å². The van der Waals surface area contributed by atoms with E-state index in [2.05, 4.69) is 96.2 Å². The van der Waals surface area contributed by atoms with Crippen LogP contribution in [0.25, 0.3) is 0 Å². The van der Waals surface area contributed by atoms with Gasteiger partial charge in [0.1, 0.15) is 0 Å². The predicted octanol–water partition coefficient (Wildman–Crippen LogP) is 7.06. The fourth-order valence-electron chi connectivity index (χ4n) is 9.60. The third kappa shape index (κ3) is 14.9. The van der Waals surface area contributed by atoms with Gasteiger partial charge in [0, 0.05) is 19.6 Å². The van der Waals surface area contributed by atoms with Crippen molar-refractivity contribution in [2.75, 3.05) is 39.3 Å². The van der Waals surface area contributed by atoms with Crippen molar-refractivity contribution in [1.82, 2.24) is 20.9 Å². The highest BCUT2D eigenvalue weighted by Crippen LogP contribution is 2.29. The summed E-state index contributed by atoms with van der Waals surface area (Å²) in [5, 5.41) is 40.5. The molecule has 0 spiro atoms. The molecule has 3 fully saturated rings. The number of hydrogen-bond acceptors (Lipinski definition) is 7. The van der Waals surface area contributed by atoms with Gasteiger partial charge in [-0.15, -0.1) is 49.6 Å². The average Bonchev–Trinajstić information content (AvgIpc) is 3.93. The Bertz CT molecular complexity index is 1620. The highest BCUT2D eigenvalue weighted by Gasteiger charge is 2.33. The Hall–Kier alpha value is -2.93. The summed E-state index contributed by atoms with van der Waals surface area (Å²) in [7, 11) is 0. The van der Waals surface area contributed by atoms with E-state index in [-0.39, 0.29) is 67.4 Å². The van der Waals surface area contributed by atoms with Crippen LogP contribution in [0.15, 0.2) is 54.6 Å². The van der Waals surface area contributed by atoms with Crippen molar-refractivity contribution >= 4 is 67.5 Å². The summed E-state index contributed by atoms with van der Waals surface area (Å²) < 4.78 is 0. The zero-order valence-electron chi connectivity index (χ0n) is 34.4. The molecule has 3 aromatic rings. The standard InChI is InChI=1S/C45H60N4O6.4ClH/c1-28-10-31(19-40(43(50)51)37-4-7-46-22-37)16-34(13-28)25-49(26-35-14-29(2)11-32(17-35)20-41(44(52)53)38-5-8-47-23-38)27-36-15-30(3)12-33(18-36)21-42(45(54)55)39-6-9-48-24-39;;;;/h10-18,37-42,46-48H,4-9,19-27H2,1-3H3,(H,50,51)(H,52,53)(H,54,55);4*1H/t37-,38-,39-,40-,41-,42-;;;;/m0..../s1. The number of benzene rings is 3. The molecule has 0 amide bonds. The van der Waals surface area contributed by atoms with Crippen molar-refractivity contribution < 1.29 is 29.7 Å². The second-order valence-corrected chi connectivity index (χ2v) is 16.8. The highest BCUT2D eigenvalue weighted by atomic mass is 35.5. The molecule has 0 radical (unpaired) electrons. The van der Waals surface area contributed by atoms with E-state index in [1.54, 1.807) is 0 Å². The number of halogens is 4. The largest absolute Gasteiger partial charge is 0.481 e. The van der Waals surface area contributed by atoms with Crippen LogP contribution in [0, 0.1) is 56.3 Å². The number of carboxylic acids is 3. The molecule has 328 valence electrons. The Morgan fingerprint density at radius 3 is 0.966 bits per heavy atom. The maximum Gasteiger partial charge on any atom is 0.307 e. The highest BCUT2D eigenvalue weighted by molar-refractivity contribution is 5.86. The van der Waals surface area contributed by atoms with Crippen LogP contribution in [0.1, 0.15) is 69.3 Å². The van der Waals surface area contributed by atoms with Crippen LogP contribution in [0.5, 0.6) is 0 Å². The fourth-order valence-corrected chi connectivity index (χ4v) is 9.60. The zero-order chi connectivity index (χ0) is 39.1. The number of carbonyl (C=O) groups is 3. The molecule has 3 aliphatic heterocycles. The van der Waals surface area contributed by atoms with E-state index in [1.165, 1.54) is 0 Å². The summed E-state index contributed by atoms with van der Waals surface area (Å²) in [4.78, 5) is 39.6. The molecule has 6 N–H and O–H groups in total. The van der Waals surface area contributed by atoms with E-state index in [4.69, 9.17) is 0 Å². The Balaban J connectivity index is 0.00000300. The first-order valence-electron chi connectivity index (χ1n) is 20.2. The average molecular weight is 899 g/mol. The molecule has 0 unspecified atom stereocenters. The van der Waals surface area contributed by atoms with Crippen LogP contribution in [-0.2, 0) is 53.3 Å². The molecule has 6 atom stereocenters. The molecule has 3 heterocycles. The van der Waals surface area contributed by atoms with E-state index < -0.39 is 35.7 Å². The van der Waals surface area contributed by atoms with Gasteiger partial charge in [-0.1, -0.05) is 71.3 Å². The lowest BCUT2D eigenvalue weighted by Gasteiger charge is -2.26. The number of nitrogens with zero attached hydrogens (tertiary/aromatic N) is 1. The third-order valence-electron chi connectivity index (χ3n) is 12.1. The SMILES string of the molecule is Cc1cc(C[C@H](C(=O)O)[C@H]2CCNC2)cc(CN(Cc2cc(C)cc(C[C@H](C(=O)O)[C@H]3CCNC3)c2)Cc2cc(C)cc(C[C@H](C(=O)O)[C@H]3CCNC3)c2)c1.Cl.Cl.Cl.Cl. The summed E-state index contributed by atoms with van der Waals surface area (Å²) >= 11 is 0. The van der Waals surface area contributed by atoms with Crippen molar-refractivity contribution in [3.05, 3.63) is 105 Å². The van der Waals surface area contributed by atoms with Gasteiger partial charge in [0.25, 0.3) is 0 Å². The second kappa shape index (κ2) is 24.5. The van der Waals surface area contributed by atoms with Gasteiger partial charge < -0.3 is 31.3 Å². The van der Waals surface area contributed by atoms with Crippen LogP contribution in [0.4, 0.5) is 0 Å². The Kier molecular flexibility index (Phi) is 21.7. The first-order valence-corrected chi connectivity index (χ1v) is 20.2. The van der Waals surface area contributed by atoms with E-state index in [9.17, 15) is 29.7 Å².